The average molecular weight is 813 g/mol. The van der Waals surface area contributed by atoms with Crippen LogP contribution < -0.4 is 25.7 Å². The lowest BCUT2D eigenvalue weighted by Crippen LogP contribution is -2.57. The molecule has 2 aliphatic heterocycles. The highest BCUT2D eigenvalue weighted by Crippen LogP contribution is 2.46. The predicted molar refractivity (Wildman–Crippen MR) is 197 cm³/mol. The van der Waals surface area contributed by atoms with Gasteiger partial charge in [0.15, 0.2) is 5.75 Å². The van der Waals surface area contributed by atoms with E-state index in [0.717, 1.165) is 46.1 Å². The lowest BCUT2D eigenvalue weighted by atomic mass is 10.0. The number of carbonyl (C=O) groups is 3. The molecule has 2 fully saturated rings. The number of carbonyl (C=O) groups excluding carboxylic acids is 3. The predicted octanol–water partition coefficient (Wildman–Crippen LogP) is 7.41. The highest BCUT2D eigenvalue weighted by Gasteiger charge is 2.61. The largest absolute Gasteiger partial charge is 0.465 e. The lowest BCUT2D eigenvalue weighted by molar-refractivity contribution is -0.141. The summed E-state index contributed by atoms with van der Waals surface area (Å²) in [5, 5.41) is 6.40. The number of ether oxygens (including phenoxy) is 1. The number of nitrogens with zero attached hydrogens (tertiary/aromatic N) is 2. The number of amides is 3. The molecule has 5 atom stereocenters. The molecule has 0 bridgehead atoms. The molecule has 4 aromatic rings. The van der Waals surface area contributed by atoms with Gasteiger partial charge in [0.05, 0.1) is 22.3 Å². The van der Waals surface area contributed by atoms with Gasteiger partial charge in [0.2, 0.25) is 11.8 Å². The Morgan fingerprint density at radius 1 is 1.04 bits per heavy atom. The van der Waals surface area contributed by atoms with Crippen LogP contribution >= 0.6 is 27.3 Å². The number of thiazole rings is 1. The number of hydrogen-bond acceptors (Lipinski definition) is 8. The first kappa shape index (κ1) is 36.7. The Balaban J connectivity index is 1.17. The Bertz CT molecular complexity index is 2010. The van der Waals surface area contributed by atoms with Gasteiger partial charge in [-0.15, -0.1) is 0 Å². The van der Waals surface area contributed by atoms with Crippen molar-refractivity contribution in [2.75, 3.05) is 11.9 Å². The van der Waals surface area contributed by atoms with Crippen molar-refractivity contribution >= 4 is 60.9 Å². The maximum Gasteiger partial charge on any atom is 0.416 e. The Kier molecular flexibility index (Phi) is 10.7. The minimum Gasteiger partial charge on any atom is -0.465 e. The Labute approximate surface area is 316 Å². The van der Waals surface area contributed by atoms with Crippen LogP contribution in [0.4, 0.5) is 18.9 Å². The van der Waals surface area contributed by atoms with Gasteiger partial charge in [-0.1, -0.05) is 76.5 Å². The monoisotopic (exact) mass is 811 g/mol. The molecule has 53 heavy (non-hydrogen) atoms. The number of alkyl halides is 3. The zero-order valence-corrected chi connectivity index (χ0v) is 30.8. The van der Waals surface area contributed by atoms with Gasteiger partial charge >= 0.3 is 6.18 Å². The van der Waals surface area contributed by atoms with E-state index in [9.17, 15) is 27.6 Å². The molecular formula is C38H37BrF3N5O5S. The van der Waals surface area contributed by atoms with Crippen LogP contribution in [0.3, 0.4) is 0 Å². The van der Waals surface area contributed by atoms with Crippen LogP contribution in [0, 0.1) is 5.92 Å². The van der Waals surface area contributed by atoms with Crippen LogP contribution in [0.2, 0.25) is 0 Å². The third-order valence-electron chi connectivity index (χ3n) is 9.78. The maximum atomic E-state index is 14.5. The third kappa shape index (κ3) is 8.46. The van der Waals surface area contributed by atoms with E-state index in [4.69, 9.17) is 9.57 Å². The zero-order valence-electron chi connectivity index (χ0n) is 28.4. The normalized spacial score (nSPS) is 25.6. The Hall–Kier alpha value is -4.63. The first-order valence-electron chi connectivity index (χ1n) is 17.5. The smallest absolute Gasteiger partial charge is 0.416 e. The molecule has 3 N–H and O–H groups in total. The van der Waals surface area contributed by atoms with E-state index in [0.29, 0.717) is 30.2 Å². The van der Waals surface area contributed by atoms with Crippen LogP contribution in [0.1, 0.15) is 50.5 Å². The van der Waals surface area contributed by atoms with E-state index >= 15 is 0 Å². The van der Waals surface area contributed by atoms with Crippen molar-refractivity contribution in [3.05, 3.63) is 95.0 Å². The average Bonchev–Trinajstić information content (AvgIpc) is 3.44. The van der Waals surface area contributed by atoms with Crippen molar-refractivity contribution in [2.24, 2.45) is 5.92 Å². The van der Waals surface area contributed by atoms with Crippen LogP contribution in [0.5, 0.6) is 10.9 Å². The van der Waals surface area contributed by atoms with E-state index < -0.39 is 53.2 Å². The summed E-state index contributed by atoms with van der Waals surface area (Å²) < 4.78 is 48.9. The fourth-order valence-corrected chi connectivity index (χ4v) is 8.34. The zero-order chi connectivity index (χ0) is 37.2. The molecule has 1 saturated heterocycles. The summed E-state index contributed by atoms with van der Waals surface area (Å²) in [7, 11) is 0. The molecule has 10 nitrogen and oxygen atoms in total. The number of aromatic nitrogens is 1. The minimum atomic E-state index is -4.56. The van der Waals surface area contributed by atoms with Gasteiger partial charge in [0, 0.05) is 22.5 Å². The number of anilines is 1. The molecular weight excluding hydrogens is 775 g/mol. The summed E-state index contributed by atoms with van der Waals surface area (Å²) in [6.07, 6.45) is 2.41. The van der Waals surface area contributed by atoms with E-state index in [1.54, 1.807) is 24.3 Å². The number of para-hydroxylation sites is 1. The molecule has 15 heteroatoms. The Morgan fingerprint density at radius 2 is 1.87 bits per heavy atom. The fourth-order valence-electron chi connectivity index (χ4n) is 6.91. The summed E-state index contributed by atoms with van der Waals surface area (Å²) >= 11 is 4.81. The molecule has 3 amide bonds. The molecule has 3 aromatic carbocycles. The minimum absolute atomic E-state index is 0.0248. The number of hydroxylamine groups is 1. The van der Waals surface area contributed by atoms with Gasteiger partial charge in [-0.2, -0.15) is 18.7 Å². The van der Waals surface area contributed by atoms with Gasteiger partial charge in [-0.3, -0.25) is 14.4 Å². The van der Waals surface area contributed by atoms with Crippen LogP contribution in [0.25, 0.3) is 10.2 Å². The molecule has 7 rings (SSSR count). The van der Waals surface area contributed by atoms with E-state index in [1.165, 1.54) is 28.4 Å². The van der Waals surface area contributed by atoms with Gasteiger partial charge in [-0.05, 0) is 74.2 Å². The molecule has 0 spiro atoms. The van der Waals surface area contributed by atoms with Crippen LogP contribution in [0.15, 0.2) is 89.4 Å². The number of fused-ring (bicyclic) bond motifs is 3. The SMILES string of the molecule is O=C1N[C@]2(C(=O)NOc3ccccc3)C[C@H]2/C=C\CCCCC[C@H](Nc2cccc(C(F)(F)F)c2)C(=O)N2C[C@H](Oc3nc4ccc(Br)cc4s3)C[C@@H]12. The van der Waals surface area contributed by atoms with Gasteiger partial charge < -0.3 is 25.1 Å². The summed E-state index contributed by atoms with van der Waals surface area (Å²) in [6.45, 7) is 0.0248. The molecule has 1 aromatic heterocycles. The number of halogens is 4. The van der Waals surface area contributed by atoms with Crippen molar-refractivity contribution in [2.45, 2.75) is 74.8 Å². The van der Waals surface area contributed by atoms with Gasteiger partial charge in [0.1, 0.15) is 23.7 Å². The summed E-state index contributed by atoms with van der Waals surface area (Å²) in [5.41, 5.74) is 1.22. The van der Waals surface area contributed by atoms with Crippen molar-refractivity contribution in [3.63, 3.8) is 0 Å². The van der Waals surface area contributed by atoms with Crippen molar-refractivity contribution < 1.29 is 37.1 Å². The van der Waals surface area contributed by atoms with Crippen molar-refractivity contribution in [1.29, 1.82) is 0 Å². The number of allylic oxidation sites excluding steroid dienone is 1. The second kappa shape index (κ2) is 15.4. The van der Waals surface area contributed by atoms with Crippen LogP contribution in [-0.2, 0) is 20.6 Å². The second-order valence-corrected chi connectivity index (χ2v) is 15.4. The van der Waals surface area contributed by atoms with Gasteiger partial charge in [-0.25, -0.2) is 4.98 Å². The van der Waals surface area contributed by atoms with E-state index in [-0.39, 0.29) is 24.6 Å². The Morgan fingerprint density at radius 3 is 2.68 bits per heavy atom. The summed E-state index contributed by atoms with van der Waals surface area (Å²) in [5.74, 6) is -1.40. The van der Waals surface area contributed by atoms with Crippen LogP contribution in [-0.4, -0.2) is 57.9 Å². The molecule has 3 heterocycles. The van der Waals surface area contributed by atoms with Crippen molar-refractivity contribution in [3.8, 4) is 10.9 Å². The van der Waals surface area contributed by atoms with E-state index in [2.05, 4.69) is 37.0 Å². The third-order valence-corrected chi connectivity index (χ3v) is 11.2. The number of benzene rings is 3. The highest BCUT2D eigenvalue weighted by atomic mass is 79.9. The summed E-state index contributed by atoms with van der Waals surface area (Å²) in [4.78, 5) is 54.1. The summed E-state index contributed by atoms with van der Waals surface area (Å²) in [6, 6.07) is 17.1. The first-order chi connectivity index (χ1) is 25.5. The molecule has 0 unspecified atom stereocenters. The standard InChI is InChI=1S/C38H37BrF3N5O5S/c39-25-16-17-29-32(19-25)53-36(44-29)51-28-20-31-33(48)45-37(35(50)46-52-27-13-6-4-7-14-27)21-24(37)10-5-2-1-3-8-15-30(34(49)47(31)22-28)43-26-12-9-11-23(18-26)38(40,41)42/h4-7,9-14,16-19,24,28,30-31,43H,1-3,8,15,20-22H2,(H,45,48)(H,46,50)/b10-5-/t24-,28-,30+,31+,37-/m1/s1. The number of nitrogens with one attached hydrogen (secondary N) is 3. The second-order valence-electron chi connectivity index (χ2n) is 13.5. The maximum absolute atomic E-state index is 14.5. The molecule has 1 aliphatic carbocycles. The van der Waals surface area contributed by atoms with Crippen molar-refractivity contribution in [1.82, 2.24) is 20.7 Å². The fraction of sp³-hybridized carbons (Fsp3) is 0.368. The molecule has 278 valence electrons. The highest BCUT2D eigenvalue weighted by molar-refractivity contribution is 9.10. The first-order valence-corrected chi connectivity index (χ1v) is 19.1. The quantitative estimate of drug-likeness (QED) is 0.131. The molecule has 3 aliphatic rings. The topological polar surface area (TPSA) is 122 Å². The molecule has 0 radical (unpaired) electrons. The number of rotatable bonds is 7. The number of hydrogen-bond donors (Lipinski definition) is 3. The lowest BCUT2D eigenvalue weighted by Gasteiger charge is -2.30. The molecule has 1 saturated carbocycles. The van der Waals surface area contributed by atoms with Gasteiger partial charge in [0.25, 0.3) is 11.1 Å². The van der Waals surface area contributed by atoms with E-state index in [1.807, 2.05) is 36.4 Å².